The van der Waals surface area contributed by atoms with Crippen LogP contribution in [0, 0.1) is 11.8 Å². The van der Waals surface area contributed by atoms with Crippen LogP contribution in [-0.4, -0.2) is 54.8 Å². The molecule has 0 bridgehead atoms. The van der Waals surface area contributed by atoms with Crippen LogP contribution in [0.3, 0.4) is 0 Å². The summed E-state index contributed by atoms with van der Waals surface area (Å²) in [4.78, 5) is 51.2. The molecule has 1 fully saturated rings. The van der Waals surface area contributed by atoms with Crippen molar-refractivity contribution in [3.05, 3.63) is 0 Å². The van der Waals surface area contributed by atoms with Gasteiger partial charge in [-0.2, -0.15) is 0 Å². The van der Waals surface area contributed by atoms with E-state index in [0.29, 0.717) is 32.2 Å². The van der Waals surface area contributed by atoms with E-state index in [1.165, 1.54) is 19.3 Å². The SMILES string of the molecule is CC[C@H](C)CCCCCC[C@@H]1CC(=O)NCC(=O)N[C@@H](CCCN)C(=O)N[C@@H]([C@H](C)CC)C(=O)N1. The van der Waals surface area contributed by atoms with E-state index in [1.54, 1.807) is 0 Å². The van der Waals surface area contributed by atoms with Crippen LogP contribution in [0.2, 0.25) is 0 Å². The van der Waals surface area contributed by atoms with Gasteiger partial charge in [0.15, 0.2) is 0 Å². The van der Waals surface area contributed by atoms with Gasteiger partial charge in [-0.3, -0.25) is 19.2 Å². The fraction of sp³-hybridized carbons (Fsp3) is 0.846. The fourth-order valence-electron chi connectivity index (χ4n) is 4.22. The highest BCUT2D eigenvalue weighted by molar-refractivity contribution is 5.94. The molecular weight excluding hydrogens is 446 g/mol. The number of hydrogen-bond acceptors (Lipinski definition) is 5. The number of rotatable bonds is 13. The first-order chi connectivity index (χ1) is 16.7. The highest BCUT2D eigenvalue weighted by atomic mass is 16.2. The second kappa shape index (κ2) is 17.3. The summed E-state index contributed by atoms with van der Waals surface area (Å²) in [6, 6.07) is -1.90. The van der Waals surface area contributed by atoms with Gasteiger partial charge >= 0.3 is 0 Å². The maximum Gasteiger partial charge on any atom is 0.243 e. The van der Waals surface area contributed by atoms with E-state index in [1.807, 2.05) is 13.8 Å². The quantitative estimate of drug-likeness (QED) is 0.249. The summed E-state index contributed by atoms with van der Waals surface area (Å²) in [5.74, 6) is -0.786. The molecule has 1 aliphatic heterocycles. The predicted octanol–water partition coefficient (Wildman–Crippen LogP) is 2.13. The summed E-state index contributed by atoms with van der Waals surface area (Å²) in [6.07, 6.45) is 9.07. The van der Waals surface area contributed by atoms with Crippen LogP contribution in [0.15, 0.2) is 0 Å². The molecule has 0 aromatic carbocycles. The lowest BCUT2D eigenvalue weighted by molar-refractivity contribution is -0.133. The van der Waals surface area contributed by atoms with Crippen molar-refractivity contribution in [2.24, 2.45) is 17.6 Å². The van der Waals surface area contributed by atoms with E-state index >= 15 is 0 Å². The number of carbonyl (C=O) groups is 4. The summed E-state index contributed by atoms with van der Waals surface area (Å²) in [6.45, 7) is 8.52. The number of nitrogens with one attached hydrogen (secondary N) is 4. The molecule has 0 spiro atoms. The Morgan fingerprint density at radius 3 is 2.20 bits per heavy atom. The molecule has 0 aromatic heterocycles. The minimum absolute atomic E-state index is 0.101. The van der Waals surface area contributed by atoms with Crippen molar-refractivity contribution in [2.75, 3.05) is 13.1 Å². The van der Waals surface area contributed by atoms with Crippen molar-refractivity contribution in [1.29, 1.82) is 0 Å². The Labute approximate surface area is 211 Å². The molecule has 1 rings (SSSR count). The van der Waals surface area contributed by atoms with Crippen molar-refractivity contribution in [1.82, 2.24) is 21.3 Å². The topological polar surface area (TPSA) is 142 Å². The number of carbonyl (C=O) groups excluding carboxylic acids is 4. The summed E-state index contributed by atoms with van der Waals surface area (Å²) in [7, 11) is 0. The molecule has 0 radical (unpaired) electrons. The van der Waals surface area contributed by atoms with Crippen LogP contribution in [0.5, 0.6) is 0 Å². The average molecular weight is 496 g/mol. The normalized spacial score (nSPS) is 24.1. The zero-order valence-electron chi connectivity index (χ0n) is 22.3. The molecule has 6 N–H and O–H groups in total. The second-order valence-electron chi connectivity index (χ2n) is 10.1. The third kappa shape index (κ3) is 12.4. The number of unbranched alkanes of at least 4 members (excludes halogenated alkanes) is 3. The van der Waals surface area contributed by atoms with Crippen LogP contribution < -0.4 is 27.0 Å². The third-order valence-electron chi connectivity index (χ3n) is 7.06. The van der Waals surface area contributed by atoms with Gasteiger partial charge in [-0.05, 0) is 37.6 Å². The summed E-state index contributed by atoms with van der Waals surface area (Å²) >= 11 is 0. The lowest BCUT2D eigenvalue weighted by Gasteiger charge is -2.28. The van der Waals surface area contributed by atoms with Gasteiger partial charge in [0.1, 0.15) is 12.1 Å². The molecular formula is C26H49N5O4. The summed E-state index contributed by atoms with van der Waals surface area (Å²) in [5, 5.41) is 11.2. The first-order valence-corrected chi connectivity index (χ1v) is 13.6. The molecule has 202 valence electrons. The van der Waals surface area contributed by atoms with E-state index in [4.69, 9.17) is 5.73 Å². The smallest absolute Gasteiger partial charge is 0.243 e. The molecule has 4 amide bonds. The molecule has 1 heterocycles. The first-order valence-electron chi connectivity index (χ1n) is 13.6. The van der Waals surface area contributed by atoms with Crippen LogP contribution in [0.4, 0.5) is 0 Å². The Morgan fingerprint density at radius 2 is 1.54 bits per heavy atom. The average Bonchev–Trinajstić information content (AvgIpc) is 2.84. The molecule has 35 heavy (non-hydrogen) atoms. The lowest BCUT2D eigenvalue weighted by Crippen LogP contribution is -2.57. The maximum atomic E-state index is 13.2. The zero-order chi connectivity index (χ0) is 26.2. The monoisotopic (exact) mass is 495 g/mol. The van der Waals surface area contributed by atoms with Crippen molar-refractivity contribution in [3.63, 3.8) is 0 Å². The van der Waals surface area contributed by atoms with Crippen molar-refractivity contribution in [3.8, 4) is 0 Å². The van der Waals surface area contributed by atoms with Gasteiger partial charge in [0.05, 0.1) is 6.54 Å². The number of amides is 4. The van der Waals surface area contributed by atoms with Gasteiger partial charge in [0.2, 0.25) is 23.6 Å². The van der Waals surface area contributed by atoms with E-state index < -0.39 is 23.9 Å². The molecule has 1 saturated heterocycles. The fourth-order valence-corrected chi connectivity index (χ4v) is 4.22. The number of nitrogens with two attached hydrogens (primary N) is 1. The van der Waals surface area contributed by atoms with Gasteiger partial charge in [-0.1, -0.05) is 72.6 Å². The van der Waals surface area contributed by atoms with E-state index in [2.05, 4.69) is 35.1 Å². The van der Waals surface area contributed by atoms with E-state index in [0.717, 1.165) is 25.2 Å². The first kappa shape index (κ1) is 30.9. The molecule has 9 nitrogen and oxygen atoms in total. The minimum Gasteiger partial charge on any atom is -0.351 e. The largest absolute Gasteiger partial charge is 0.351 e. The van der Waals surface area contributed by atoms with E-state index in [-0.39, 0.29) is 36.7 Å². The van der Waals surface area contributed by atoms with Crippen molar-refractivity contribution in [2.45, 2.75) is 116 Å². The Hall–Kier alpha value is -2.16. The van der Waals surface area contributed by atoms with Crippen molar-refractivity contribution < 1.29 is 19.2 Å². The molecule has 0 aliphatic carbocycles. The Kier molecular flexibility index (Phi) is 15.3. The highest BCUT2D eigenvalue weighted by Gasteiger charge is 2.31. The predicted molar refractivity (Wildman–Crippen MR) is 138 cm³/mol. The summed E-state index contributed by atoms with van der Waals surface area (Å²) in [5.41, 5.74) is 5.59. The zero-order valence-corrected chi connectivity index (χ0v) is 22.3. The third-order valence-corrected chi connectivity index (χ3v) is 7.06. The molecule has 9 heteroatoms. The molecule has 5 atom stereocenters. The molecule has 0 unspecified atom stereocenters. The lowest BCUT2D eigenvalue weighted by atomic mass is 9.96. The minimum atomic E-state index is -0.811. The molecule has 0 saturated carbocycles. The Bertz CT molecular complexity index is 672. The van der Waals surface area contributed by atoms with Gasteiger partial charge < -0.3 is 27.0 Å². The van der Waals surface area contributed by atoms with E-state index in [9.17, 15) is 19.2 Å². The van der Waals surface area contributed by atoms with Crippen LogP contribution in [0.25, 0.3) is 0 Å². The van der Waals surface area contributed by atoms with Crippen molar-refractivity contribution >= 4 is 23.6 Å². The van der Waals surface area contributed by atoms with Crippen LogP contribution in [-0.2, 0) is 19.2 Å². The van der Waals surface area contributed by atoms with Gasteiger partial charge in [-0.25, -0.2) is 0 Å². The summed E-state index contributed by atoms with van der Waals surface area (Å²) < 4.78 is 0. The molecule has 0 aromatic rings. The standard InChI is InChI=1S/C26H49N5O4/c1-5-18(3)12-9-7-8-10-13-20-16-22(32)28-17-23(33)30-21(14-11-15-27)25(34)31-24(19(4)6-2)26(35)29-20/h18-21,24H,5-17,27H2,1-4H3,(H,28,32)(H,29,35)(H,30,33)(H,31,34)/t18-,19+,20+,21-,24-/m0/s1. The maximum absolute atomic E-state index is 13.2. The number of hydrogen-bond donors (Lipinski definition) is 5. The van der Waals surface area contributed by atoms with Crippen LogP contribution in [0.1, 0.15) is 98.3 Å². The van der Waals surface area contributed by atoms with Gasteiger partial charge in [0.25, 0.3) is 0 Å². The Morgan fingerprint density at radius 1 is 0.829 bits per heavy atom. The highest BCUT2D eigenvalue weighted by Crippen LogP contribution is 2.16. The van der Waals surface area contributed by atoms with Gasteiger partial charge in [-0.15, -0.1) is 0 Å². The van der Waals surface area contributed by atoms with Crippen LogP contribution >= 0.6 is 0 Å². The molecule has 1 aliphatic rings. The second-order valence-corrected chi connectivity index (χ2v) is 10.1. The Balaban J connectivity index is 2.91. The van der Waals surface area contributed by atoms with Gasteiger partial charge in [0, 0.05) is 12.5 Å².